The highest BCUT2D eigenvalue weighted by molar-refractivity contribution is 6.08. The third-order valence-electron chi connectivity index (χ3n) is 5.74. The molecule has 1 spiro atoms. The smallest absolute Gasteiger partial charge is 0.338 e. The highest BCUT2D eigenvalue weighted by Gasteiger charge is 2.64. The van der Waals surface area contributed by atoms with Gasteiger partial charge in [-0.2, -0.15) is 5.06 Å². The Bertz CT molecular complexity index is 796. The summed E-state index contributed by atoms with van der Waals surface area (Å²) >= 11 is 0. The largest absolute Gasteiger partial charge is 0.469 e. The normalized spacial score (nSPS) is 32.7. The number of hydrogen-bond donors (Lipinski definition) is 0. The van der Waals surface area contributed by atoms with Crippen molar-refractivity contribution in [1.29, 1.82) is 0 Å². The van der Waals surface area contributed by atoms with Gasteiger partial charge < -0.3 is 14.4 Å². The van der Waals surface area contributed by atoms with Crippen LogP contribution in [0, 0.1) is 5.92 Å². The lowest BCUT2D eigenvalue weighted by molar-refractivity contribution is -0.185. The molecule has 2 saturated heterocycles. The molecule has 3 aliphatic rings. The molecule has 8 nitrogen and oxygen atoms in total. The fraction of sp³-hybridized carbons (Fsp3) is 0.500. The molecule has 4 rings (SSSR count). The van der Waals surface area contributed by atoms with E-state index >= 15 is 0 Å². The first-order valence-corrected chi connectivity index (χ1v) is 8.41. The van der Waals surface area contributed by atoms with Crippen LogP contribution in [0.3, 0.4) is 0 Å². The van der Waals surface area contributed by atoms with Gasteiger partial charge in [-0.25, -0.2) is 4.79 Å². The average molecular weight is 360 g/mol. The summed E-state index contributed by atoms with van der Waals surface area (Å²) in [4.78, 5) is 44.9. The molecular weight excluding hydrogens is 340 g/mol. The molecule has 2 fully saturated rings. The summed E-state index contributed by atoms with van der Waals surface area (Å²) in [7, 11) is 4.26. The Kier molecular flexibility index (Phi) is 3.78. The van der Waals surface area contributed by atoms with Crippen molar-refractivity contribution in [3.05, 3.63) is 29.8 Å². The van der Waals surface area contributed by atoms with Crippen molar-refractivity contribution in [3.8, 4) is 0 Å². The fourth-order valence-electron chi connectivity index (χ4n) is 4.53. The number of fused-ring (bicyclic) bond motifs is 3. The van der Waals surface area contributed by atoms with Crippen LogP contribution in [-0.2, 0) is 34.1 Å². The zero-order chi connectivity index (χ0) is 18.6. The molecule has 0 radical (unpaired) electrons. The average Bonchev–Trinajstić information content (AvgIpc) is 3.26. The second kappa shape index (κ2) is 5.78. The number of hydroxylamine groups is 2. The predicted octanol–water partition coefficient (Wildman–Crippen LogP) is 0.251. The fourth-order valence-corrected chi connectivity index (χ4v) is 4.53. The van der Waals surface area contributed by atoms with Gasteiger partial charge in [0, 0.05) is 19.3 Å². The van der Waals surface area contributed by atoms with Gasteiger partial charge in [0.05, 0.1) is 25.7 Å². The van der Waals surface area contributed by atoms with E-state index in [2.05, 4.69) is 0 Å². The summed E-state index contributed by atoms with van der Waals surface area (Å²) in [5.74, 6) is -2.04. The van der Waals surface area contributed by atoms with Crippen LogP contribution in [-0.4, -0.2) is 62.9 Å². The number of nitrogens with zero attached hydrogens (tertiary/aromatic N) is 2. The first kappa shape index (κ1) is 17.0. The molecule has 3 aliphatic heterocycles. The van der Waals surface area contributed by atoms with Crippen LogP contribution >= 0.6 is 0 Å². The van der Waals surface area contributed by atoms with Crippen molar-refractivity contribution in [3.63, 3.8) is 0 Å². The van der Waals surface area contributed by atoms with Crippen molar-refractivity contribution in [1.82, 2.24) is 5.06 Å². The maximum absolute atomic E-state index is 13.1. The van der Waals surface area contributed by atoms with Crippen molar-refractivity contribution in [2.75, 3.05) is 32.7 Å². The van der Waals surface area contributed by atoms with Crippen LogP contribution in [0.1, 0.15) is 12.0 Å². The van der Waals surface area contributed by atoms with E-state index in [1.165, 1.54) is 14.2 Å². The Morgan fingerprint density at radius 2 is 1.88 bits per heavy atom. The predicted molar refractivity (Wildman–Crippen MR) is 89.0 cm³/mol. The Morgan fingerprint density at radius 3 is 2.58 bits per heavy atom. The van der Waals surface area contributed by atoms with Crippen LogP contribution in [0.15, 0.2) is 24.3 Å². The zero-order valence-corrected chi connectivity index (χ0v) is 14.8. The summed E-state index contributed by atoms with van der Waals surface area (Å²) in [5, 5.41) is 1.58. The van der Waals surface area contributed by atoms with Gasteiger partial charge in [-0.15, -0.1) is 0 Å². The van der Waals surface area contributed by atoms with E-state index in [0.717, 1.165) is 11.3 Å². The Morgan fingerprint density at radius 1 is 1.19 bits per heavy atom. The highest BCUT2D eigenvalue weighted by Crippen LogP contribution is 2.52. The third-order valence-corrected chi connectivity index (χ3v) is 5.74. The van der Waals surface area contributed by atoms with E-state index in [4.69, 9.17) is 14.3 Å². The number of amides is 1. The number of para-hydroxylation sites is 1. The van der Waals surface area contributed by atoms with Crippen molar-refractivity contribution in [2.45, 2.75) is 24.0 Å². The lowest BCUT2D eigenvalue weighted by atomic mass is 9.77. The van der Waals surface area contributed by atoms with E-state index < -0.39 is 35.4 Å². The van der Waals surface area contributed by atoms with E-state index in [9.17, 15) is 14.4 Å². The second-order valence-corrected chi connectivity index (χ2v) is 6.91. The molecule has 3 heterocycles. The third kappa shape index (κ3) is 2.05. The number of rotatable bonds is 2. The lowest BCUT2D eigenvalue weighted by Crippen LogP contribution is -2.43. The van der Waals surface area contributed by atoms with Crippen LogP contribution in [0.2, 0.25) is 0 Å². The standard InChI is InChI=1S/C18H20N2O6/c1-19-11-7-5-4-6-10(11)18(17(19)23)8-12-13(15(21)24-2)14(16(22)25-3)26-20(12)9-18/h4-7,12-14H,8-9H2,1-3H3/t12?,13-,14-,18?/m0/s1. The minimum absolute atomic E-state index is 0.0325. The maximum Gasteiger partial charge on any atom is 0.338 e. The molecular formula is C18H20N2O6. The molecule has 1 aromatic carbocycles. The van der Waals surface area contributed by atoms with Crippen LogP contribution < -0.4 is 4.90 Å². The van der Waals surface area contributed by atoms with E-state index in [-0.39, 0.29) is 12.5 Å². The zero-order valence-electron chi connectivity index (χ0n) is 14.8. The van der Waals surface area contributed by atoms with Gasteiger partial charge in [0.15, 0.2) is 6.10 Å². The number of carbonyl (C=O) groups excluding carboxylic acids is 3. The topological polar surface area (TPSA) is 85.4 Å². The van der Waals surface area contributed by atoms with Gasteiger partial charge in [0.2, 0.25) is 5.91 Å². The molecule has 1 amide bonds. The number of methoxy groups -OCH3 is 2. The molecule has 0 bridgehead atoms. The lowest BCUT2D eigenvalue weighted by Gasteiger charge is -2.25. The quantitative estimate of drug-likeness (QED) is 0.699. The number of benzene rings is 1. The Balaban J connectivity index is 1.72. The first-order chi connectivity index (χ1) is 12.4. The van der Waals surface area contributed by atoms with Gasteiger partial charge >= 0.3 is 11.9 Å². The van der Waals surface area contributed by atoms with Crippen molar-refractivity contribution < 1.29 is 28.7 Å². The number of ether oxygens (including phenoxy) is 2. The summed E-state index contributed by atoms with van der Waals surface area (Å²) < 4.78 is 9.65. The second-order valence-electron chi connectivity index (χ2n) is 6.91. The molecule has 26 heavy (non-hydrogen) atoms. The summed E-state index contributed by atoms with van der Waals surface area (Å²) in [6.45, 7) is 0.277. The van der Waals surface area contributed by atoms with Gasteiger partial charge in [0.25, 0.3) is 0 Å². The number of hydrogen-bond acceptors (Lipinski definition) is 7. The van der Waals surface area contributed by atoms with Gasteiger partial charge in [-0.3, -0.25) is 14.4 Å². The monoisotopic (exact) mass is 360 g/mol. The first-order valence-electron chi connectivity index (χ1n) is 8.41. The molecule has 4 atom stereocenters. The van der Waals surface area contributed by atoms with Crippen LogP contribution in [0.4, 0.5) is 5.69 Å². The summed E-state index contributed by atoms with van der Waals surface area (Å²) in [5.41, 5.74) is 0.991. The molecule has 1 aromatic rings. The van der Waals surface area contributed by atoms with Gasteiger partial charge in [-0.1, -0.05) is 18.2 Å². The minimum Gasteiger partial charge on any atom is -0.469 e. The number of likely N-dealkylation sites (N-methyl/N-ethyl adjacent to an activating group) is 1. The highest BCUT2D eigenvalue weighted by atomic mass is 16.7. The molecule has 0 saturated carbocycles. The Hall–Kier alpha value is -2.45. The number of anilines is 1. The van der Waals surface area contributed by atoms with E-state index in [1.807, 2.05) is 24.3 Å². The molecule has 2 unspecified atom stereocenters. The molecule has 8 heteroatoms. The number of carbonyl (C=O) groups is 3. The summed E-state index contributed by atoms with van der Waals surface area (Å²) in [6.07, 6.45) is -0.681. The SMILES string of the molecule is COC(=O)[C@H]1ON2CC3(CC2[C@@H]1C(=O)OC)C(=O)N(C)c1ccccc13. The van der Waals surface area contributed by atoms with Crippen LogP contribution in [0.5, 0.6) is 0 Å². The van der Waals surface area contributed by atoms with Crippen molar-refractivity contribution in [2.24, 2.45) is 5.92 Å². The van der Waals surface area contributed by atoms with Crippen LogP contribution in [0.25, 0.3) is 0 Å². The minimum atomic E-state index is -1.06. The van der Waals surface area contributed by atoms with Gasteiger partial charge in [0.1, 0.15) is 5.92 Å². The molecule has 0 aliphatic carbocycles. The maximum atomic E-state index is 13.1. The van der Waals surface area contributed by atoms with Gasteiger partial charge in [-0.05, 0) is 18.1 Å². The van der Waals surface area contributed by atoms with Crippen molar-refractivity contribution >= 4 is 23.5 Å². The van der Waals surface area contributed by atoms with E-state index in [1.54, 1.807) is 17.0 Å². The summed E-state index contributed by atoms with van der Waals surface area (Å²) in [6, 6.07) is 7.19. The Labute approximate surface area is 150 Å². The molecule has 138 valence electrons. The number of esters is 2. The molecule has 0 aromatic heterocycles. The molecule has 0 N–H and O–H groups in total. The van der Waals surface area contributed by atoms with E-state index in [0.29, 0.717) is 6.42 Å².